The van der Waals surface area contributed by atoms with Crippen molar-refractivity contribution < 1.29 is 19.7 Å². The molecule has 1 aliphatic heterocycles. The lowest BCUT2D eigenvalue weighted by Gasteiger charge is -2.25. The minimum absolute atomic E-state index is 0.0973. The minimum Gasteiger partial charge on any atom is -0.497 e. The minimum atomic E-state index is -1.15. The highest BCUT2D eigenvalue weighted by Crippen LogP contribution is 2.37. The van der Waals surface area contributed by atoms with Gasteiger partial charge in [-0.3, -0.25) is 4.99 Å². The normalized spacial score (nSPS) is 23.9. The molecule has 4 rings (SSSR count). The SMILES string of the molecule is COc1ccc(CNc2ncnc(C)c2N=CC(C)C(C)C2OC(c3nn[nH]n3)C(O)C2O)cc1. The Hall–Kier alpha value is -3.48. The molecule has 1 fully saturated rings. The largest absolute Gasteiger partial charge is 0.497 e. The van der Waals surface area contributed by atoms with E-state index in [0.717, 1.165) is 17.0 Å². The van der Waals surface area contributed by atoms with Crippen LogP contribution in [0.1, 0.15) is 37.0 Å². The van der Waals surface area contributed by atoms with E-state index in [4.69, 9.17) is 9.47 Å². The van der Waals surface area contributed by atoms with Gasteiger partial charge in [0, 0.05) is 12.8 Å². The predicted molar refractivity (Wildman–Crippen MR) is 127 cm³/mol. The van der Waals surface area contributed by atoms with Crippen LogP contribution in [0.2, 0.25) is 0 Å². The van der Waals surface area contributed by atoms with Gasteiger partial charge in [0.05, 0.1) is 18.9 Å². The molecule has 1 aromatic carbocycles. The first-order chi connectivity index (χ1) is 16.9. The number of aliphatic hydroxyl groups is 2. The number of aromatic nitrogens is 6. The van der Waals surface area contributed by atoms with E-state index >= 15 is 0 Å². The number of nitrogens with one attached hydrogen (secondary N) is 2. The first kappa shape index (κ1) is 24.6. The van der Waals surface area contributed by atoms with Gasteiger partial charge in [-0.2, -0.15) is 5.21 Å². The van der Waals surface area contributed by atoms with Crippen molar-refractivity contribution in [2.45, 2.75) is 51.7 Å². The van der Waals surface area contributed by atoms with Crippen LogP contribution in [0.3, 0.4) is 0 Å². The Labute approximate surface area is 202 Å². The molecule has 12 nitrogen and oxygen atoms in total. The van der Waals surface area contributed by atoms with Crippen LogP contribution in [0.4, 0.5) is 11.5 Å². The van der Waals surface area contributed by atoms with Crippen LogP contribution in [0.15, 0.2) is 35.6 Å². The third-order valence-corrected chi connectivity index (χ3v) is 6.33. The second kappa shape index (κ2) is 10.8. The Morgan fingerprint density at radius 3 is 2.66 bits per heavy atom. The zero-order valence-electron chi connectivity index (χ0n) is 20.0. The molecule has 1 aliphatic rings. The number of nitrogens with zero attached hydrogens (tertiary/aromatic N) is 6. The average Bonchev–Trinajstić information content (AvgIpc) is 3.50. The van der Waals surface area contributed by atoms with Gasteiger partial charge in [0.2, 0.25) is 5.82 Å². The summed E-state index contributed by atoms with van der Waals surface area (Å²) in [6.07, 6.45) is -0.428. The number of anilines is 1. The fourth-order valence-corrected chi connectivity index (χ4v) is 3.95. The molecule has 0 amide bonds. The quantitative estimate of drug-likeness (QED) is 0.330. The lowest BCUT2D eigenvalue weighted by atomic mass is 9.88. The number of aryl methyl sites for hydroxylation is 1. The van der Waals surface area contributed by atoms with Crippen molar-refractivity contribution in [1.82, 2.24) is 30.6 Å². The molecule has 0 saturated carbocycles. The van der Waals surface area contributed by atoms with E-state index in [2.05, 4.69) is 40.9 Å². The number of aliphatic hydroxyl groups excluding tert-OH is 2. The fraction of sp³-hybridized carbons (Fsp3) is 0.478. The van der Waals surface area contributed by atoms with Gasteiger partial charge in [0.15, 0.2) is 5.82 Å². The van der Waals surface area contributed by atoms with Crippen LogP contribution in [-0.2, 0) is 11.3 Å². The molecule has 0 bridgehead atoms. The molecule has 0 aliphatic carbocycles. The van der Waals surface area contributed by atoms with Gasteiger partial charge in [-0.15, -0.1) is 10.2 Å². The van der Waals surface area contributed by atoms with Crippen molar-refractivity contribution in [1.29, 1.82) is 0 Å². The van der Waals surface area contributed by atoms with Gasteiger partial charge in [-0.05, 0) is 36.5 Å². The van der Waals surface area contributed by atoms with E-state index < -0.39 is 24.4 Å². The summed E-state index contributed by atoms with van der Waals surface area (Å²) in [6, 6.07) is 7.78. The maximum atomic E-state index is 10.6. The van der Waals surface area contributed by atoms with Crippen molar-refractivity contribution in [3.8, 4) is 5.75 Å². The highest BCUT2D eigenvalue weighted by Gasteiger charge is 2.48. The summed E-state index contributed by atoms with van der Waals surface area (Å²) in [5, 5.41) is 37.9. The zero-order chi connectivity index (χ0) is 24.9. The number of methoxy groups -OCH3 is 1. The Bertz CT molecular complexity index is 1130. The molecule has 186 valence electrons. The number of aliphatic imine (C=N–C) groups is 1. The number of H-pyrrole nitrogens is 1. The number of aromatic amines is 1. The standard InChI is InChI=1S/C23H30N8O4/c1-12(13(2)20-18(32)19(33)21(35-20)23-28-30-31-29-23)9-24-17-14(3)26-11-27-22(17)25-10-15-5-7-16(34-4)8-6-15/h5-9,11-13,18-21,32-33H,10H2,1-4H3,(H,25,26,27)(H,28,29,30,31). The lowest BCUT2D eigenvalue weighted by molar-refractivity contribution is -0.0309. The Morgan fingerprint density at radius 2 is 1.97 bits per heavy atom. The van der Waals surface area contributed by atoms with Crippen molar-refractivity contribution in [3.63, 3.8) is 0 Å². The Morgan fingerprint density at radius 1 is 1.20 bits per heavy atom. The molecule has 12 heteroatoms. The molecule has 35 heavy (non-hydrogen) atoms. The van der Waals surface area contributed by atoms with Gasteiger partial charge < -0.3 is 25.0 Å². The molecule has 6 atom stereocenters. The van der Waals surface area contributed by atoms with Crippen molar-refractivity contribution in [2.24, 2.45) is 16.8 Å². The molecule has 3 aromatic rings. The number of benzene rings is 1. The second-order valence-corrected chi connectivity index (χ2v) is 8.63. The summed E-state index contributed by atoms with van der Waals surface area (Å²) < 4.78 is 11.1. The van der Waals surface area contributed by atoms with Gasteiger partial charge in [0.25, 0.3) is 0 Å². The molecular formula is C23H30N8O4. The molecule has 4 N–H and O–H groups in total. The molecular weight excluding hydrogens is 452 g/mol. The van der Waals surface area contributed by atoms with E-state index in [1.54, 1.807) is 13.3 Å². The number of hydrogen-bond acceptors (Lipinski definition) is 11. The summed E-state index contributed by atoms with van der Waals surface area (Å²) in [4.78, 5) is 13.3. The van der Waals surface area contributed by atoms with Crippen molar-refractivity contribution in [2.75, 3.05) is 12.4 Å². The van der Waals surface area contributed by atoms with E-state index in [1.165, 1.54) is 6.33 Å². The summed E-state index contributed by atoms with van der Waals surface area (Å²) in [5.41, 5.74) is 2.44. The predicted octanol–water partition coefficient (Wildman–Crippen LogP) is 1.76. The number of ether oxygens (including phenoxy) is 2. The van der Waals surface area contributed by atoms with E-state index in [9.17, 15) is 10.2 Å². The smallest absolute Gasteiger partial charge is 0.206 e. The number of tetrazole rings is 1. The Balaban J connectivity index is 1.44. The molecule has 0 spiro atoms. The maximum absolute atomic E-state index is 10.6. The maximum Gasteiger partial charge on any atom is 0.206 e. The zero-order valence-corrected chi connectivity index (χ0v) is 20.0. The highest BCUT2D eigenvalue weighted by molar-refractivity contribution is 5.72. The van der Waals surface area contributed by atoms with Crippen molar-refractivity contribution >= 4 is 17.7 Å². The van der Waals surface area contributed by atoms with Crippen LogP contribution in [0, 0.1) is 18.8 Å². The first-order valence-corrected chi connectivity index (χ1v) is 11.4. The summed E-state index contributed by atoms with van der Waals surface area (Å²) >= 11 is 0. The summed E-state index contributed by atoms with van der Waals surface area (Å²) in [6.45, 7) is 6.35. The van der Waals surface area contributed by atoms with E-state index in [1.807, 2.05) is 45.0 Å². The molecule has 0 radical (unpaired) electrons. The van der Waals surface area contributed by atoms with Crippen LogP contribution in [0.5, 0.6) is 5.75 Å². The number of hydrogen-bond donors (Lipinski definition) is 4. The van der Waals surface area contributed by atoms with Gasteiger partial charge in [-0.25, -0.2) is 9.97 Å². The van der Waals surface area contributed by atoms with Crippen molar-refractivity contribution in [3.05, 3.63) is 47.7 Å². The van der Waals surface area contributed by atoms with Crippen LogP contribution in [0.25, 0.3) is 0 Å². The van der Waals surface area contributed by atoms with E-state index in [-0.39, 0.29) is 17.7 Å². The second-order valence-electron chi connectivity index (χ2n) is 8.63. The third-order valence-electron chi connectivity index (χ3n) is 6.33. The first-order valence-electron chi connectivity index (χ1n) is 11.4. The monoisotopic (exact) mass is 482 g/mol. The van der Waals surface area contributed by atoms with Gasteiger partial charge >= 0.3 is 0 Å². The lowest BCUT2D eigenvalue weighted by Crippen LogP contribution is -2.37. The fourth-order valence-electron chi connectivity index (χ4n) is 3.95. The highest BCUT2D eigenvalue weighted by atomic mass is 16.5. The third kappa shape index (κ3) is 5.45. The number of rotatable bonds is 9. The van der Waals surface area contributed by atoms with Gasteiger partial charge in [0.1, 0.15) is 36.1 Å². The molecule has 2 aromatic heterocycles. The topological polar surface area (TPSA) is 164 Å². The molecule has 6 unspecified atom stereocenters. The van der Waals surface area contributed by atoms with Crippen LogP contribution < -0.4 is 10.1 Å². The summed E-state index contributed by atoms with van der Waals surface area (Å²) in [7, 11) is 1.64. The van der Waals surface area contributed by atoms with Gasteiger partial charge in [-0.1, -0.05) is 31.2 Å². The Kier molecular flexibility index (Phi) is 7.63. The average molecular weight is 483 g/mol. The summed E-state index contributed by atoms with van der Waals surface area (Å²) in [5.74, 6) is 1.36. The van der Waals surface area contributed by atoms with Crippen LogP contribution >= 0.6 is 0 Å². The van der Waals surface area contributed by atoms with E-state index in [0.29, 0.717) is 18.1 Å². The molecule has 1 saturated heterocycles. The molecule has 3 heterocycles. The van der Waals surface area contributed by atoms with Crippen LogP contribution in [-0.4, -0.2) is 72.4 Å².